The average molecular weight is 301 g/mol. The van der Waals surface area contributed by atoms with E-state index in [1.54, 1.807) is 7.11 Å². The number of ether oxygens (including phenoxy) is 1. The monoisotopic (exact) mass is 301 g/mol. The highest BCUT2D eigenvalue weighted by molar-refractivity contribution is 5.84. The van der Waals surface area contributed by atoms with E-state index in [0.29, 0.717) is 0 Å². The molecule has 1 aromatic heterocycles. The predicted molar refractivity (Wildman–Crippen MR) is 86.9 cm³/mol. The van der Waals surface area contributed by atoms with Crippen LogP contribution in [0.4, 0.5) is 0 Å². The molecule has 118 valence electrons. The molecule has 0 unspecified atom stereocenters. The van der Waals surface area contributed by atoms with Crippen LogP contribution < -0.4 is 10.5 Å². The first-order chi connectivity index (χ1) is 10.7. The molecule has 1 aliphatic heterocycles. The van der Waals surface area contributed by atoms with E-state index >= 15 is 0 Å². The Morgan fingerprint density at radius 2 is 2.14 bits per heavy atom. The zero-order chi connectivity index (χ0) is 15.5. The summed E-state index contributed by atoms with van der Waals surface area (Å²) < 4.78 is 5.33. The molecule has 1 atom stereocenters. The summed E-state index contributed by atoms with van der Waals surface area (Å²) in [6.45, 7) is 1.92. The van der Waals surface area contributed by atoms with Crippen LogP contribution in [0, 0.1) is 0 Å². The van der Waals surface area contributed by atoms with Crippen molar-refractivity contribution in [2.75, 3.05) is 26.8 Å². The van der Waals surface area contributed by atoms with Gasteiger partial charge in [0.25, 0.3) is 0 Å². The van der Waals surface area contributed by atoms with Gasteiger partial charge < -0.3 is 15.6 Å². The van der Waals surface area contributed by atoms with Crippen molar-refractivity contribution in [1.82, 2.24) is 9.88 Å². The Balaban J connectivity index is 1.99. The Kier molecular flexibility index (Phi) is 4.57. The lowest BCUT2D eigenvalue weighted by Gasteiger charge is -2.36. The summed E-state index contributed by atoms with van der Waals surface area (Å²) in [5.41, 5.74) is 8.01. The van der Waals surface area contributed by atoms with Gasteiger partial charge in [0, 0.05) is 30.7 Å². The molecule has 2 heterocycles. The number of nitrogens with two attached hydrogens (primary N) is 1. The Morgan fingerprint density at radius 3 is 2.82 bits per heavy atom. The van der Waals surface area contributed by atoms with E-state index in [9.17, 15) is 5.11 Å². The quantitative estimate of drug-likeness (QED) is 0.899. The number of methoxy groups -OCH3 is 1. The molecule has 22 heavy (non-hydrogen) atoms. The first kappa shape index (κ1) is 15.2. The summed E-state index contributed by atoms with van der Waals surface area (Å²) in [7, 11) is 1.66. The Morgan fingerprint density at radius 1 is 1.36 bits per heavy atom. The predicted octanol–water partition coefficient (Wildman–Crippen LogP) is 1.70. The molecule has 0 amide bonds. The van der Waals surface area contributed by atoms with Crippen molar-refractivity contribution in [3.63, 3.8) is 0 Å². The van der Waals surface area contributed by atoms with Crippen LogP contribution in [0.15, 0.2) is 30.5 Å². The van der Waals surface area contributed by atoms with Crippen LogP contribution in [0.2, 0.25) is 0 Å². The first-order valence-electron chi connectivity index (χ1n) is 7.76. The third-order valence-electron chi connectivity index (χ3n) is 4.53. The van der Waals surface area contributed by atoms with Crippen molar-refractivity contribution in [3.8, 4) is 5.75 Å². The van der Waals surface area contributed by atoms with Crippen molar-refractivity contribution < 1.29 is 9.84 Å². The van der Waals surface area contributed by atoms with E-state index in [-0.39, 0.29) is 18.7 Å². The fourth-order valence-corrected chi connectivity index (χ4v) is 3.21. The minimum absolute atomic E-state index is 0.0230. The maximum Gasteiger partial charge on any atom is 0.119 e. The summed E-state index contributed by atoms with van der Waals surface area (Å²) in [5, 5.41) is 11.0. The number of rotatable bonds is 4. The molecule has 0 saturated carbocycles. The average Bonchev–Trinajstić information content (AvgIpc) is 2.57. The number of hydrogen-bond acceptors (Lipinski definition) is 5. The van der Waals surface area contributed by atoms with Crippen molar-refractivity contribution in [1.29, 1.82) is 0 Å². The molecule has 1 aliphatic rings. The molecular weight excluding hydrogens is 278 g/mol. The fourth-order valence-electron chi connectivity index (χ4n) is 3.21. The number of aliphatic hydroxyl groups excluding tert-OH is 1. The van der Waals surface area contributed by atoms with E-state index in [1.165, 1.54) is 0 Å². The van der Waals surface area contributed by atoms with Gasteiger partial charge in [0.15, 0.2) is 0 Å². The van der Waals surface area contributed by atoms with Crippen LogP contribution in [-0.2, 0) is 0 Å². The molecule has 0 bridgehead atoms. The molecule has 3 rings (SSSR count). The maximum absolute atomic E-state index is 9.96. The zero-order valence-electron chi connectivity index (χ0n) is 12.9. The van der Waals surface area contributed by atoms with Crippen molar-refractivity contribution in [3.05, 3.63) is 36.0 Å². The number of benzene rings is 1. The first-order valence-corrected chi connectivity index (χ1v) is 7.76. The zero-order valence-corrected chi connectivity index (χ0v) is 12.9. The third kappa shape index (κ3) is 2.92. The van der Waals surface area contributed by atoms with Gasteiger partial charge in [0.05, 0.1) is 25.3 Å². The summed E-state index contributed by atoms with van der Waals surface area (Å²) in [4.78, 5) is 6.73. The van der Waals surface area contributed by atoms with Gasteiger partial charge in [-0.05, 0) is 42.7 Å². The summed E-state index contributed by atoms with van der Waals surface area (Å²) in [6.07, 6.45) is 3.76. The lowest BCUT2D eigenvalue weighted by atomic mass is 9.97. The van der Waals surface area contributed by atoms with Crippen LogP contribution in [0.25, 0.3) is 10.9 Å². The minimum atomic E-state index is -0.0230. The van der Waals surface area contributed by atoms with E-state index in [0.717, 1.165) is 48.1 Å². The van der Waals surface area contributed by atoms with Crippen LogP contribution >= 0.6 is 0 Å². The van der Waals surface area contributed by atoms with Gasteiger partial charge in [-0.3, -0.25) is 9.88 Å². The molecule has 0 radical (unpaired) electrons. The van der Waals surface area contributed by atoms with E-state index in [4.69, 9.17) is 10.5 Å². The van der Waals surface area contributed by atoms with Gasteiger partial charge in [0.2, 0.25) is 0 Å². The SMILES string of the molecule is COc1ccc2nccc([C@H](CO)N3CCC(N)CC3)c2c1. The molecule has 0 aliphatic carbocycles. The van der Waals surface area contributed by atoms with Gasteiger partial charge in [-0.1, -0.05) is 0 Å². The summed E-state index contributed by atoms with van der Waals surface area (Å²) in [6, 6.07) is 8.12. The number of aliphatic hydroxyl groups is 1. The van der Waals surface area contributed by atoms with E-state index in [1.807, 2.05) is 30.5 Å². The largest absolute Gasteiger partial charge is 0.497 e. The molecule has 0 spiro atoms. The summed E-state index contributed by atoms with van der Waals surface area (Å²) in [5.74, 6) is 0.805. The normalized spacial score (nSPS) is 18.5. The second kappa shape index (κ2) is 6.60. The van der Waals surface area contributed by atoms with Gasteiger partial charge in [-0.15, -0.1) is 0 Å². The molecular formula is C17H23N3O2. The number of aromatic nitrogens is 1. The topological polar surface area (TPSA) is 71.6 Å². The smallest absolute Gasteiger partial charge is 0.119 e. The fraction of sp³-hybridized carbons (Fsp3) is 0.471. The molecule has 5 nitrogen and oxygen atoms in total. The lowest BCUT2D eigenvalue weighted by Crippen LogP contribution is -2.42. The van der Waals surface area contributed by atoms with Crippen LogP contribution in [-0.4, -0.2) is 47.8 Å². The number of hydrogen-bond donors (Lipinski definition) is 2. The molecule has 1 aromatic carbocycles. The molecule has 1 saturated heterocycles. The molecule has 5 heteroatoms. The second-order valence-electron chi connectivity index (χ2n) is 5.86. The van der Waals surface area contributed by atoms with Gasteiger partial charge in [-0.2, -0.15) is 0 Å². The van der Waals surface area contributed by atoms with Gasteiger partial charge in [0.1, 0.15) is 5.75 Å². The van der Waals surface area contributed by atoms with E-state index in [2.05, 4.69) is 9.88 Å². The van der Waals surface area contributed by atoms with Crippen molar-refractivity contribution in [2.45, 2.75) is 24.9 Å². The lowest BCUT2D eigenvalue weighted by molar-refractivity contribution is 0.0994. The second-order valence-corrected chi connectivity index (χ2v) is 5.86. The van der Waals surface area contributed by atoms with Crippen molar-refractivity contribution >= 4 is 10.9 Å². The number of pyridine rings is 1. The van der Waals surface area contributed by atoms with Crippen LogP contribution in [0.1, 0.15) is 24.4 Å². The van der Waals surface area contributed by atoms with Crippen molar-refractivity contribution in [2.24, 2.45) is 5.73 Å². The van der Waals surface area contributed by atoms with Crippen LogP contribution in [0.3, 0.4) is 0 Å². The number of piperidine rings is 1. The van der Waals surface area contributed by atoms with Gasteiger partial charge >= 0.3 is 0 Å². The molecule has 3 N–H and O–H groups in total. The highest BCUT2D eigenvalue weighted by atomic mass is 16.5. The number of nitrogens with zero attached hydrogens (tertiary/aromatic N) is 2. The van der Waals surface area contributed by atoms with Crippen LogP contribution in [0.5, 0.6) is 5.75 Å². The Bertz CT molecular complexity index is 639. The highest BCUT2D eigenvalue weighted by Crippen LogP contribution is 2.31. The highest BCUT2D eigenvalue weighted by Gasteiger charge is 2.25. The summed E-state index contributed by atoms with van der Waals surface area (Å²) >= 11 is 0. The maximum atomic E-state index is 9.96. The Labute approximate surface area is 130 Å². The third-order valence-corrected chi connectivity index (χ3v) is 4.53. The number of likely N-dealkylation sites (tertiary alicyclic amines) is 1. The minimum Gasteiger partial charge on any atom is -0.497 e. The molecule has 2 aromatic rings. The Hall–Kier alpha value is -1.69. The standard InChI is InChI=1S/C17H23N3O2/c1-22-13-2-3-16-15(10-13)14(4-7-19-16)17(11-21)20-8-5-12(18)6-9-20/h2-4,7,10,12,17,21H,5-6,8-9,11,18H2,1H3/t17-/m0/s1. The number of fused-ring (bicyclic) bond motifs is 1. The van der Waals surface area contributed by atoms with E-state index < -0.39 is 0 Å². The van der Waals surface area contributed by atoms with Gasteiger partial charge in [-0.25, -0.2) is 0 Å². The molecule has 1 fully saturated rings.